The molecule has 5 heteroatoms. The SMILES string of the molecule is CN(C)CCc1nc(O)c(-c2ccccc2)c(=O)[nH]1. The van der Waals surface area contributed by atoms with E-state index in [9.17, 15) is 9.90 Å². The Morgan fingerprint density at radius 1 is 1.26 bits per heavy atom. The van der Waals surface area contributed by atoms with Gasteiger partial charge in [-0.05, 0) is 19.7 Å². The maximum Gasteiger partial charge on any atom is 0.262 e. The Bertz CT molecular complexity index is 606. The minimum Gasteiger partial charge on any atom is -0.493 e. The number of aromatic hydroxyl groups is 1. The predicted octanol–water partition coefficient (Wildman–Crippen LogP) is 1.25. The molecular formula is C14H17N3O2. The van der Waals surface area contributed by atoms with Crippen LogP contribution in [0.15, 0.2) is 35.1 Å². The van der Waals surface area contributed by atoms with Gasteiger partial charge < -0.3 is 15.0 Å². The highest BCUT2D eigenvalue weighted by Gasteiger charge is 2.12. The molecule has 1 aromatic heterocycles. The van der Waals surface area contributed by atoms with Crippen molar-refractivity contribution in [1.82, 2.24) is 14.9 Å². The average molecular weight is 259 g/mol. The van der Waals surface area contributed by atoms with Crippen molar-refractivity contribution in [3.8, 4) is 17.0 Å². The third-order valence-electron chi connectivity index (χ3n) is 2.81. The molecule has 100 valence electrons. The lowest BCUT2D eigenvalue weighted by molar-refractivity contribution is 0.404. The lowest BCUT2D eigenvalue weighted by atomic mass is 10.1. The number of H-pyrrole nitrogens is 1. The predicted molar refractivity (Wildman–Crippen MR) is 74.2 cm³/mol. The van der Waals surface area contributed by atoms with Crippen LogP contribution in [0.2, 0.25) is 0 Å². The van der Waals surface area contributed by atoms with E-state index in [1.54, 1.807) is 12.1 Å². The van der Waals surface area contributed by atoms with Crippen LogP contribution in [0.5, 0.6) is 5.88 Å². The number of rotatable bonds is 4. The number of likely N-dealkylation sites (N-methyl/N-ethyl adjacent to an activating group) is 1. The van der Waals surface area contributed by atoms with Gasteiger partial charge in [-0.2, -0.15) is 4.98 Å². The van der Waals surface area contributed by atoms with E-state index in [0.29, 0.717) is 17.8 Å². The molecule has 0 atom stereocenters. The normalized spacial score (nSPS) is 10.9. The van der Waals surface area contributed by atoms with E-state index in [1.807, 2.05) is 37.2 Å². The van der Waals surface area contributed by atoms with Crippen LogP contribution in [-0.2, 0) is 6.42 Å². The Labute approximate surface area is 111 Å². The van der Waals surface area contributed by atoms with Gasteiger partial charge >= 0.3 is 0 Å². The number of benzene rings is 1. The van der Waals surface area contributed by atoms with Gasteiger partial charge in [0.05, 0.1) is 0 Å². The second-order valence-electron chi connectivity index (χ2n) is 4.63. The third kappa shape index (κ3) is 3.20. The molecule has 0 aliphatic rings. The van der Waals surface area contributed by atoms with Gasteiger partial charge in [0, 0.05) is 13.0 Å². The van der Waals surface area contributed by atoms with Crippen molar-refractivity contribution in [2.24, 2.45) is 0 Å². The second-order valence-corrected chi connectivity index (χ2v) is 4.63. The minimum absolute atomic E-state index is 0.217. The fraction of sp³-hybridized carbons (Fsp3) is 0.286. The highest BCUT2D eigenvalue weighted by atomic mass is 16.3. The number of nitrogens with zero attached hydrogens (tertiary/aromatic N) is 2. The Morgan fingerprint density at radius 3 is 2.53 bits per heavy atom. The second kappa shape index (κ2) is 5.67. The van der Waals surface area contributed by atoms with E-state index >= 15 is 0 Å². The maximum atomic E-state index is 12.0. The summed E-state index contributed by atoms with van der Waals surface area (Å²) >= 11 is 0. The van der Waals surface area contributed by atoms with Crippen LogP contribution in [0.1, 0.15) is 5.82 Å². The Hall–Kier alpha value is -2.14. The van der Waals surface area contributed by atoms with Crippen molar-refractivity contribution in [3.63, 3.8) is 0 Å². The van der Waals surface area contributed by atoms with Gasteiger partial charge in [-0.3, -0.25) is 4.79 Å². The molecule has 0 spiro atoms. The van der Waals surface area contributed by atoms with Crippen LogP contribution in [0.4, 0.5) is 0 Å². The van der Waals surface area contributed by atoms with Crippen LogP contribution in [0.25, 0.3) is 11.1 Å². The molecule has 0 bridgehead atoms. The molecule has 1 heterocycles. The lowest BCUT2D eigenvalue weighted by Gasteiger charge is -2.09. The molecule has 0 radical (unpaired) electrons. The van der Waals surface area contributed by atoms with Crippen LogP contribution in [0, 0.1) is 0 Å². The zero-order chi connectivity index (χ0) is 13.8. The van der Waals surface area contributed by atoms with Crippen LogP contribution in [-0.4, -0.2) is 40.6 Å². The number of aromatic nitrogens is 2. The summed E-state index contributed by atoms with van der Waals surface area (Å²) in [6.07, 6.45) is 0.588. The first-order valence-corrected chi connectivity index (χ1v) is 6.10. The lowest BCUT2D eigenvalue weighted by Crippen LogP contribution is -2.20. The molecule has 5 nitrogen and oxygen atoms in total. The van der Waals surface area contributed by atoms with Crippen molar-refractivity contribution in [2.75, 3.05) is 20.6 Å². The highest BCUT2D eigenvalue weighted by molar-refractivity contribution is 5.66. The first-order valence-electron chi connectivity index (χ1n) is 6.10. The first-order chi connectivity index (χ1) is 9.08. The summed E-state index contributed by atoms with van der Waals surface area (Å²) in [7, 11) is 3.88. The summed E-state index contributed by atoms with van der Waals surface area (Å²) in [5.41, 5.74) is 0.564. The summed E-state index contributed by atoms with van der Waals surface area (Å²) in [5, 5.41) is 9.95. The molecule has 1 aromatic carbocycles. The zero-order valence-electron chi connectivity index (χ0n) is 11.1. The van der Waals surface area contributed by atoms with E-state index < -0.39 is 0 Å². The molecular weight excluding hydrogens is 242 g/mol. The molecule has 2 rings (SSSR count). The molecule has 19 heavy (non-hydrogen) atoms. The van der Waals surface area contributed by atoms with Gasteiger partial charge in [-0.15, -0.1) is 0 Å². The van der Waals surface area contributed by atoms with E-state index in [0.717, 1.165) is 6.54 Å². The quantitative estimate of drug-likeness (QED) is 0.867. The monoisotopic (exact) mass is 259 g/mol. The topological polar surface area (TPSA) is 69.2 Å². The molecule has 0 aliphatic carbocycles. The van der Waals surface area contributed by atoms with Gasteiger partial charge in [0.1, 0.15) is 11.4 Å². The molecule has 0 unspecified atom stereocenters. The molecule has 0 saturated heterocycles. The van der Waals surface area contributed by atoms with Crippen molar-refractivity contribution in [2.45, 2.75) is 6.42 Å². The Kier molecular flexibility index (Phi) is 3.97. The highest BCUT2D eigenvalue weighted by Crippen LogP contribution is 2.22. The zero-order valence-corrected chi connectivity index (χ0v) is 11.1. The maximum absolute atomic E-state index is 12.0. The minimum atomic E-state index is -0.313. The van der Waals surface area contributed by atoms with Crippen LogP contribution >= 0.6 is 0 Å². The van der Waals surface area contributed by atoms with Crippen molar-refractivity contribution in [1.29, 1.82) is 0 Å². The van der Waals surface area contributed by atoms with E-state index in [1.165, 1.54) is 0 Å². The van der Waals surface area contributed by atoms with Gasteiger partial charge in [0.15, 0.2) is 0 Å². The fourth-order valence-corrected chi connectivity index (χ4v) is 1.82. The summed E-state index contributed by atoms with van der Waals surface area (Å²) in [6.45, 7) is 0.757. The smallest absolute Gasteiger partial charge is 0.262 e. The van der Waals surface area contributed by atoms with Crippen LogP contribution in [0.3, 0.4) is 0 Å². The number of hydrogen-bond donors (Lipinski definition) is 2. The number of nitrogens with one attached hydrogen (secondary N) is 1. The molecule has 0 saturated carbocycles. The van der Waals surface area contributed by atoms with Gasteiger partial charge in [-0.25, -0.2) is 0 Å². The molecule has 2 aromatic rings. The molecule has 2 N–H and O–H groups in total. The van der Waals surface area contributed by atoms with E-state index in [4.69, 9.17) is 0 Å². The van der Waals surface area contributed by atoms with Gasteiger partial charge in [0.25, 0.3) is 5.56 Å². The van der Waals surface area contributed by atoms with E-state index in [2.05, 4.69) is 9.97 Å². The summed E-state index contributed by atoms with van der Waals surface area (Å²) < 4.78 is 0. The number of aromatic amines is 1. The summed E-state index contributed by atoms with van der Waals surface area (Å²) in [6, 6.07) is 9.02. The van der Waals surface area contributed by atoms with Crippen molar-refractivity contribution < 1.29 is 5.11 Å². The van der Waals surface area contributed by atoms with Crippen LogP contribution < -0.4 is 5.56 Å². The van der Waals surface area contributed by atoms with E-state index in [-0.39, 0.29) is 17.0 Å². The Morgan fingerprint density at radius 2 is 1.95 bits per heavy atom. The van der Waals surface area contributed by atoms with Gasteiger partial charge in [-0.1, -0.05) is 30.3 Å². The Balaban J connectivity index is 2.36. The number of hydrogen-bond acceptors (Lipinski definition) is 4. The molecule has 0 fully saturated rings. The van der Waals surface area contributed by atoms with Crippen molar-refractivity contribution >= 4 is 0 Å². The third-order valence-corrected chi connectivity index (χ3v) is 2.81. The summed E-state index contributed by atoms with van der Waals surface area (Å²) in [5.74, 6) is 0.277. The standard InChI is InChI=1S/C14H17N3O2/c1-17(2)9-8-11-15-13(18)12(14(19)16-11)10-6-4-3-5-7-10/h3-7H,8-9H2,1-2H3,(H2,15,16,18,19). The first kappa shape index (κ1) is 13.3. The largest absolute Gasteiger partial charge is 0.493 e. The summed E-state index contributed by atoms with van der Waals surface area (Å²) in [4.78, 5) is 20.8. The fourth-order valence-electron chi connectivity index (χ4n) is 1.82. The molecule has 0 aliphatic heterocycles. The average Bonchev–Trinajstić information content (AvgIpc) is 2.37. The van der Waals surface area contributed by atoms with Crippen molar-refractivity contribution in [3.05, 3.63) is 46.5 Å². The van der Waals surface area contributed by atoms with Gasteiger partial charge in [0.2, 0.25) is 5.88 Å². The molecule has 0 amide bonds.